The number of hydrogen-bond donors (Lipinski definition) is 1. The lowest BCUT2D eigenvalue weighted by molar-refractivity contribution is 0.681. The zero-order valence-corrected chi connectivity index (χ0v) is 13.2. The minimum absolute atomic E-state index is 0.374. The zero-order valence-electron chi connectivity index (χ0n) is 10.8. The molecule has 1 atom stereocenters. The Kier molecular flexibility index (Phi) is 4.37. The number of nitrogens with zero attached hydrogens (tertiary/aromatic N) is 1. The van der Waals surface area contributed by atoms with Crippen LogP contribution >= 0.6 is 15.9 Å². The lowest BCUT2D eigenvalue weighted by atomic mass is 10.1. The molecule has 0 saturated heterocycles. The molecule has 0 aliphatic rings. The first-order valence-electron chi connectivity index (χ1n) is 5.84. The molecule has 1 aromatic carbocycles. The SMILES string of the molecule is Cc1cnc(CS(=O)c2ccccc2Br)c(C)c1N. The Morgan fingerprint density at radius 3 is 2.68 bits per heavy atom. The minimum atomic E-state index is -1.14. The van der Waals surface area contributed by atoms with Crippen LogP contribution in [0.15, 0.2) is 39.8 Å². The molecule has 2 aromatic rings. The number of aromatic nitrogens is 1. The van der Waals surface area contributed by atoms with Crippen molar-refractivity contribution in [1.29, 1.82) is 0 Å². The molecule has 100 valence electrons. The third-order valence-corrected chi connectivity index (χ3v) is 5.36. The molecule has 0 aliphatic carbocycles. The van der Waals surface area contributed by atoms with Crippen molar-refractivity contribution in [1.82, 2.24) is 4.98 Å². The number of anilines is 1. The van der Waals surface area contributed by atoms with Gasteiger partial charge in [0.25, 0.3) is 0 Å². The average molecular weight is 339 g/mol. The van der Waals surface area contributed by atoms with E-state index < -0.39 is 10.8 Å². The summed E-state index contributed by atoms with van der Waals surface area (Å²) < 4.78 is 13.2. The summed E-state index contributed by atoms with van der Waals surface area (Å²) >= 11 is 3.42. The van der Waals surface area contributed by atoms with E-state index in [1.54, 1.807) is 6.20 Å². The molecule has 0 aliphatic heterocycles. The van der Waals surface area contributed by atoms with Crippen molar-refractivity contribution in [3.8, 4) is 0 Å². The molecule has 1 heterocycles. The van der Waals surface area contributed by atoms with Gasteiger partial charge in [-0.05, 0) is 53.0 Å². The molecule has 19 heavy (non-hydrogen) atoms. The molecule has 1 aromatic heterocycles. The number of hydrogen-bond acceptors (Lipinski definition) is 3. The van der Waals surface area contributed by atoms with Crippen LogP contribution in [-0.2, 0) is 16.6 Å². The van der Waals surface area contributed by atoms with Crippen molar-refractivity contribution in [3.05, 3.63) is 51.8 Å². The third kappa shape index (κ3) is 3.04. The summed E-state index contributed by atoms with van der Waals surface area (Å²) in [5.41, 5.74) is 9.37. The van der Waals surface area contributed by atoms with Crippen LogP contribution in [0, 0.1) is 13.8 Å². The van der Waals surface area contributed by atoms with Gasteiger partial charge in [0.1, 0.15) is 0 Å². The maximum atomic E-state index is 12.4. The Labute approximate surface area is 123 Å². The van der Waals surface area contributed by atoms with Crippen molar-refractivity contribution in [2.75, 3.05) is 5.73 Å². The van der Waals surface area contributed by atoms with E-state index in [2.05, 4.69) is 20.9 Å². The van der Waals surface area contributed by atoms with Gasteiger partial charge in [0.2, 0.25) is 0 Å². The lowest BCUT2D eigenvalue weighted by Crippen LogP contribution is -2.05. The van der Waals surface area contributed by atoms with Gasteiger partial charge in [0.05, 0.1) is 27.1 Å². The van der Waals surface area contributed by atoms with Crippen LogP contribution in [0.3, 0.4) is 0 Å². The van der Waals surface area contributed by atoms with E-state index in [9.17, 15) is 4.21 Å². The fraction of sp³-hybridized carbons (Fsp3) is 0.214. The van der Waals surface area contributed by atoms with Crippen LogP contribution in [-0.4, -0.2) is 9.19 Å². The van der Waals surface area contributed by atoms with Crippen LogP contribution < -0.4 is 5.73 Å². The Morgan fingerprint density at radius 1 is 1.32 bits per heavy atom. The van der Waals surface area contributed by atoms with Crippen molar-refractivity contribution in [2.45, 2.75) is 24.5 Å². The van der Waals surface area contributed by atoms with Crippen molar-refractivity contribution in [2.24, 2.45) is 0 Å². The summed E-state index contributed by atoms with van der Waals surface area (Å²) in [7, 11) is -1.14. The molecule has 5 heteroatoms. The topological polar surface area (TPSA) is 56.0 Å². The fourth-order valence-electron chi connectivity index (χ4n) is 1.77. The van der Waals surface area contributed by atoms with E-state index in [0.29, 0.717) is 5.75 Å². The maximum absolute atomic E-state index is 12.4. The molecule has 0 saturated carbocycles. The van der Waals surface area contributed by atoms with Crippen LogP contribution in [0.4, 0.5) is 5.69 Å². The van der Waals surface area contributed by atoms with Gasteiger partial charge >= 0.3 is 0 Å². The van der Waals surface area contributed by atoms with Gasteiger partial charge in [-0.25, -0.2) is 0 Å². The molecule has 1 unspecified atom stereocenters. The summed E-state index contributed by atoms with van der Waals surface area (Å²) in [4.78, 5) is 5.13. The first kappa shape index (κ1) is 14.2. The summed E-state index contributed by atoms with van der Waals surface area (Å²) in [6.07, 6.45) is 1.73. The predicted molar refractivity (Wildman–Crippen MR) is 82.4 cm³/mol. The second kappa shape index (κ2) is 5.84. The molecular weight excluding hydrogens is 324 g/mol. The number of aryl methyl sites for hydroxylation is 1. The van der Waals surface area contributed by atoms with Gasteiger partial charge in [0, 0.05) is 16.4 Å². The summed E-state index contributed by atoms with van der Waals surface area (Å²) in [6.45, 7) is 3.84. The summed E-state index contributed by atoms with van der Waals surface area (Å²) in [6, 6.07) is 7.52. The van der Waals surface area contributed by atoms with Gasteiger partial charge in [0.15, 0.2) is 0 Å². The third-order valence-electron chi connectivity index (χ3n) is 3.03. The second-order valence-electron chi connectivity index (χ2n) is 4.35. The monoisotopic (exact) mass is 338 g/mol. The highest BCUT2D eigenvalue weighted by atomic mass is 79.9. The highest BCUT2D eigenvalue weighted by molar-refractivity contribution is 9.10. The molecule has 0 spiro atoms. The lowest BCUT2D eigenvalue weighted by Gasteiger charge is -2.10. The van der Waals surface area contributed by atoms with Crippen LogP contribution in [0.2, 0.25) is 0 Å². The number of nitrogens with two attached hydrogens (primary N) is 1. The Morgan fingerprint density at radius 2 is 2.00 bits per heavy atom. The molecule has 0 amide bonds. The predicted octanol–water partition coefficient (Wildman–Crippen LogP) is 3.35. The van der Waals surface area contributed by atoms with Gasteiger partial charge in [-0.2, -0.15) is 0 Å². The van der Waals surface area contributed by atoms with E-state index in [0.717, 1.165) is 31.9 Å². The molecule has 0 radical (unpaired) electrons. The van der Waals surface area contributed by atoms with Gasteiger partial charge in [-0.3, -0.25) is 9.19 Å². The molecular formula is C14H15BrN2OS. The fourth-order valence-corrected chi connectivity index (χ4v) is 3.81. The second-order valence-corrected chi connectivity index (χ2v) is 6.62. The van der Waals surface area contributed by atoms with E-state index in [4.69, 9.17) is 5.73 Å². The summed E-state index contributed by atoms with van der Waals surface area (Å²) in [5.74, 6) is 0.374. The first-order valence-corrected chi connectivity index (χ1v) is 7.95. The van der Waals surface area contributed by atoms with Crippen LogP contribution in [0.1, 0.15) is 16.8 Å². The molecule has 3 nitrogen and oxygen atoms in total. The van der Waals surface area contributed by atoms with E-state index in [-0.39, 0.29) is 0 Å². The molecule has 0 bridgehead atoms. The Bertz CT molecular complexity index is 643. The summed E-state index contributed by atoms with van der Waals surface area (Å²) in [5, 5.41) is 0. The van der Waals surface area contributed by atoms with Gasteiger partial charge in [-0.1, -0.05) is 12.1 Å². The normalized spacial score (nSPS) is 12.4. The Hall–Kier alpha value is -1.20. The van der Waals surface area contributed by atoms with E-state index >= 15 is 0 Å². The smallest absolute Gasteiger partial charge is 0.0709 e. The van der Waals surface area contributed by atoms with Crippen molar-refractivity contribution in [3.63, 3.8) is 0 Å². The largest absolute Gasteiger partial charge is 0.398 e. The molecule has 2 N–H and O–H groups in total. The number of rotatable bonds is 3. The van der Waals surface area contributed by atoms with Crippen LogP contribution in [0.25, 0.3) is 0 Å². The number of nitrogen functional groups attached to an aromatic ring is 1. The Balaban J connectivity index is 2.30. The highest BCUT2D eigenvalue weighted by Gasteiger charge is 2.13. The van der Waals surface area contributed by atoms with E-state index in [1.807, 2.05) is 38.1 Å². The van der Waals surface area contributed by atoms with Gasteiger partial charge in [-0.15, -0.1) is 0 Å². The number of halogens is 1. The zero-order chi connectivity index (χ0) is 14.0. The quantitative estimate of drug-likeness (QED) is 0.933. The highest BCUT2D eigenvalue weighted by Crippen LogP contribution is 2.24. The van der Waals surface area contributed by atoms with Gasteiger partial charge < -0.3 is 5.73 Å². The number of benzene rings is 1. The van der Waals surface area contributed by atoms with E-state index in [1.165, 1.54) is 0 Å². The first-order chi connectivity index (χ1) is 9.00. The maximum Gasteiger partial charge on any atom is 0.0709 e. The minimum Gasteiger partial charge on any atom is -0.398 e. The van der Waals surface area contributed by atoms with Crippen molar-refractivity contribution < 1.29 is 4.21 Å². The van der Waals surface area contributed by atoms with Crippen LogP contribution in [0.5, 0.6) is 0 Å². The average Bonchev–Trinajstić information content (AvgIpc) is 2.40. The molecule has 0 fully saturated rings. The number of pyridine rings is 1. The van der Waals surface area contributed by atoms with Crippen molar-refractivity contribution >= 4 is 32.4 Å². The standard InChI is InChI=1S/C14H15BrN2OS/c1-9-7-17-12(10(2)14(9)16)8-19(18)13-6-4-3-5-11(13)15/h3-7H,8H2,1-2H3,(H2,16,17). The molecule has 2 rings (SSSR count).